The highest BCUT2D eigenvalue weighted by molar-refractivity contribution is 5.76. The zero-order valence-corrected chi connectivity index (χ0v) is 10.9. The molecular formula is C13H25NO3. The van der Waals surface area contributed by atoms with Gasteiger partial charge in [0.15, 0.2) is 0 Å². The molecule has 1 N–H and O–H groups in total. The third-order valence-corrected chi connectivity index (χ3v) is 3.27. The number of nitrogens with zero attached hydrogens (tertiary/aromatic N) is 1. The van der Waals surface area contributed by atoms with Crippen molar-refractivity contribution in [2.45, 2.75) is 51.6 Å². The first kappa shape index (κ1) is 14.5. The fourth-order valence-electron chi connectivity index (χ4n) is 2.20. The van der Waals surface area contributed by atoms with Crippen molar-refractivity contribution in [3.63, 3.8) is 0 Å². The minimum Gasteiger partial charge on any atom is -0.396 e. The Kier molecular flexibility index (Phi) is 7.21. The average Bonchev–Trinajstić information content (AvgIpc) is 2.38. The molecule has 17 heavy (non-hydrogen) atoms. The Hall–Kier alpha value is -0.610. The fourth-order valence-corrected chi connectivity index (χ4v) is 2.20. The first-order chi connectivity index (χ1) is 8.27. The quantitative estimate of drug-likeness (QED) is 0.738. The molecule has 0 aromatic heterocycles. The number of carbonyl (C=O) groups excluding carboxylic acids is 1. The fraction of sp³-hybridized carbons (Fsp3) is 0.923. The number of rotatable bonds is 7. The zero-order valence-electron chi connectivity index (χ0n) is 10.9. The van der Waals surface area contributed by atoms with Crippen molar-refractivity contribution in [2.75, 3.05) is 26.3 Å². The van der Waals surface area contributed by atoms with Gasteiger partial charge in [0.1, 0.15) is 0 Å². The van der Waals surface area contributed by atoms with Gasteiger partial charge in [-0.05, 0) is 39.0 Å². The minimum absolute atomic E-state index is 0.148. The summed E-state index contributed by atoms with van der Waals surface area (Å²) in [7, 11) is 0. The number of aliphatic hydroxyl groups is 1. The van der Waals surface area contributed by atoms with E-state index in [4.69, 9.17) is 9.84 Å². The van der Waals surface area contributed by atoms with Crippen LogP contribution in [0.4, 0.5) is 0 Å². The molecule has 0 bridgehead atoms. The summed E-state index contributed by atoms with van der Waals surface area (Å²) in [5.41, 5.74) is 0. The van der Waals surface area contributed by atoms with E-state index in [0.29, 0.717) is 19.4 Å². The Balaban J connectivity index is 2.21. The molecule has 1 aliphatic rings. The molecule has 0 aromatic rings. The van der Waals surface area contributed by atoms with Crippen molar-refractivity contribution < 1.29 is 14.6 Å². The van der Waals surface area contributed by atoms with Crippen molar-refractivity contribution in [3.05, 3.63) is 0 Å². The summed E-state index contributed by atoms with van der Waals surface area (Å²) in [5, 5.41) is 8.77. The summed E-state index contributed by atoms with van der Waals surface area (Å²) in [6.07, 6.45) is 5.83. The van der Waals surface area contributed by atoms with Crippen LogP contribution in [0.3, 0.4) is 0 Å². The maximum absolute atomic E-state index is 11.9. The van der Waals surface area contributed by atoms with Crippen LogP contribution in [-0.2, 0) is 9.53 Å². The molecule has 0 aromatic carbocycles. The minimum atomic E-state index is 0.148. The summed E-state index contributed by atoms with van der Waals surface area (Å²) >= 11 is 0. The second-order valence-electron chi connectivity index (χ2n) is 4.58. The van der Waals surface area contributed by atoms with Crippen LogP contribution in [0.2, 0.25) is 0 Å². The molecule has 1 rings (SSSR count). The van der Waals surface area contributed by atoms with Gasteiger partial charge in [0.05, 0.1) is 6.10 Å². The van der Waals surface area contributed by atoms with Gasteiger partial charge >= 0.3 is 0 Å². The molecule has 100 valence electrons. The van der Waals surface area contributed by atoms with E-state index in [0.717, 1.165) is 32.4 Å². The van der Waals surface area contributed by atoms with Crippen molar-refractivity contribution in [1.82, 2.24) is 4.90 Å². The van der Waals surface area contributed by atoms with Crippen LogP contribution in [0.1, 0.15) is 45.4 Å². The second kappa shape index (κ2) is 8.48. The highest BCUT2D eigenvalue weighted by atomic mass is 16.5. The normalized spacial score (nSPS) is 20.2. The molecule has 1 saturated heterocycles. The number of hydrogen-bond donors (Lipinski definition) is 1. The third kappa shape index (κ3) is 5.50. The standard InChI is InChI=1S/C13H25NO3/c1-2-14(9-5-10-15)13(16)8-7-12-6-3-4-11-17-12/h12,15H,2-11H2,1H3. The van der Waals surface area contributed by atoms with Crippen LogP contribution in [0, 0.1) is 0 Å². The van der Waals surface area contributed by atoms with Gasteiger partial charge in [0.2, 0.25) is 5.91 Å². The van der Waals surface area contributed by atoms with E-state index in [1.807, 2.05) is 11.8 Å². The molecule has 1 aliphatic heterocycles. The lowest BCUT2D eigenvalue weighted by Gasteiger charge is -2.24. The van der Waals surface area contributed by atoms with Gasteiger partial charge in [-0.2, -0.15) is 0 Å². The smallest absolute Gasteiger partial charge is 0.222 e. The van der Waals surface area contributed by atoms with Crippen LogP contribution < -0.4 is 0 Å². The molecule has 4 nitrogen and oxygen atoms in total. The number of hydrogen-bond acceptors (Lipinski definition) is 3. The Morgan fingerprint density at radius 1 is 1.47 bits per heavy atom. The lowest BCUT2D eigenvalue weighted by Crippen LogP contribution is -2.33. The number of ether oxygens (including phenoxy) is 1. The molecule has 1 fully saturated rings. The van der Waals surface area contributed by atoms with E-state index in [1.165, 1.54) is 6.42 Å². The summed E-state index contributed by atoms with van der Waals surface area (Å²) in [4.78, 5) is 13.7. The number of carbonyl (C=O) groups is 1. The Morgan fingerprint density at radius 2 is 2.29 bits per heavy atom. The molecule has 0 aliphatic carbocycles. The van der Waals surface area contributed by atoms with Crippen LogP contribution >= 0.6 is 0 Å². The summed E-state index contributed by atoms with van der Waals surface area (Å²) in [6, 6.07) is 0. The maximum atomic E-state index is 11.9. The predicted octanol–water partition coefficient (Wildman–Crippen LogP) is 1.57. The molecule has 0 saturated carbocycles. The molecule has 1 atom stereocenters. The van der Waals surface area contributed by atoms with E-state index >= 15 is 0 Å². The Labute approximate surface area is 104 Å². The first-order valence-electron chi connectivity index (χ1n) is 6.78. The third-order valence-electron chi connectivity index (χ3n) is 3.27. The number of aliphatic hydroxyl groups excluding tert-OH is 1. The highest BCUT2D eigenvalue weighted by Gasteiger charge is 2.17. The van der Waals surface area contributed by atoms with E-state index in [1.54, 1.807) is 0 Å². The van der Waals surface area contributed by atoms with Gasteiger partial charge in [-0.25, -0.2) is 0 Å². The topological polar surface area (TPSA) is 49.8 Å². The molecular weight excluding hydrogens is 218 g/mol. The lowest BCUT2D eigenvalue weighted by molar-refractivity contribution is -0.132. The average molecular weight is 243 g/mol. The van der Waals surface area contributed by atoms with Gasteiger partial charge in [0.25, 0.3) is 0 Å². The van der Waals surface area contributed by atoms with Crippen LogP contribution in [0.15, 0.2) is 0 Å². The summed E-state index contributed by atoms with van der Waals surface area (Å²) in [6.45, 7) is 4.37. The lowest BCUT2D eigenvalue weighted by atomic mass is 10.0. The van der Waals surface area contributed by atoms with E-state index in [2.05, 4.69) is 0 Å². The van der Waals surface area contributed by atoms with Crippen LogP contribution in [0.25, 0.3) is 0 Å². The molecule has 1 amide bonds. The molecule has 0 radical (unpaired) electrons. The summed E-state index contributed by atoms with van der Waals surface area (Å²) in [5.74, 6) is 0.190. The largest absolute Gasteiger partial charge is 0.396 e. The van der Waals surface area contributed by atoms with Crippen molar-refractivity contribution in [2.24, 2.45) is 0 Å². The first-order valence-corrected chi connectivity index (χ1v) is 6.78. The highest BCUT2D eigenvalue weighted by Crippen LogP contribution is 2.17. The SMILES string of the molecule is CCN(CCCO)C(=O)CCC1CCCCO1. The van der Waals surface area contributed by atoms with E-state index in [-0.39, 0.29) is 18.6 Å². The summed E-state index contributed by atoms with van der Waals surface area (Å²) < 4.78 is 5.61. The number of amides is 1. The van der Waals surface area contributed by atoms with Gasteiger partial charge in [0, 0.05) is 32.7 Å². The van der Waals surface area contributed by atoms with Gasteiger partial charge < -0.3 is 14.7 Å². The monoisotopic (exact) mass is 243 g/mol. The van der Waals surface area contributed by atoms with Crippen molar-refractivity contribution in [1.29, 1.82) is 0 Å². The predicted molar refractivity (Wildman–Crippen MR) is 66.8 cm³/mol. The Bertz CT molecular complexity index is 215. The van der Waals surface area contributed by atoms with Gasteiger partial charge in [-0.3, -0.25) is 4.79 Å². The van der Waals surface area contributed by atoms with Crippen molar-refractivity contribution >= 4 is 5.91 Å². The second-order valence-corrected chi connectivity index (χ2v) is 4.58. The Morgan fingerprint density at radius 3 is 2.88 bits per heavy atom. The van der Waals surface area contributed by atoms with Crippen LogP contribution in [-0.4, -0.2) is 48.3 Å². The van der Waals surface area contributed by atoms with Gasteiger partial charge in [-0.1, -0.05) is 0 Å². The van der Waals surface area contributed by atoms with Crippen LogP contribution in [0.5, 0.6) is 0 Å². The maximum Gasteiger partial charge on any atom is 0.222 e. The molecule has 1 heterocycles. The van der Waals surface area contributed by atoms with E-state index in [9.17, 15) is 4.79 Å². The van der Waals surface area contributed by atoms with Gasteiger partial charge in [-0.15, -0.1) is 0 Å². The van der Waals surface area contributed by atoms with Crippen molar-refractivity contribution in [3.8, 4) is 0 Å². The molecule has 1 unspecified atom stereocenters. The zero-order chi connectivity index (χ0) is 12.5. The molecule has 0 spiro atoms. The van der Waals surface area contributed by atoms with E-state index < -0.39 is 0 Å². The molecule has 4 heteroatoms.